The van der Waals surface area contributed by atoms with Gasteiger partial charge in [0.15, 0.2) is 0 Å². The van der Waals surface area contributed by atoms with E-state index in [-0.39, 0.29) is 6.10 Å². The number of rotatable bonds is 0. The van der Waals surface area contributed by atoms with Crippen LogP contribution in [0.4, 0.5) is 0 Å². The third kappa shape index (κ3) is 1.77. The minimum Gasteiger partial charge on any atom is -0.393 e. The summed E-state index contributed by atoms with van der Waals surface area (Å²) in [6.45, 7) is 7.47. The number of hydrogen-bond acceptors (Lipinski definition) is 1. The van der Waals surface area contributed by atoms with Gasteiger partial charge in [-0.2, -0.15) is 0 Å². The van der Waals surface area contributed by atoms with E-state index >= 15 is 0 Å². The summed E-state index contributed by atoms with van der Waals surface area (Å²) in [7, 11) is 0. The molecule has 0 bridgehead atoms. The lowest BCUT2D eigenvalue weighted by atomic mass is 9.44. The highest BCUT2D eigenvalue weighted by atomic mass is 16.3. The molecule has 1 N–H and O–H groups in total. The van der Waals surface area contributed by atoms with Crippen LogP contribution in [0.2, 0.25) is 0 Å². The van der Waals surface area contributed by atoms with Gasteiger partial charge >= 0.3 is 0 Å². The Bertz CT molecular complexity index is 322. The summed E-state index contributed by atoms with van der Waals surface area (Å²) < 4.78 is 0. The van der Waals surface area contributed by atoms with Crippen LogP contribution in [0, 0.1) is 28.6 Å². The second-order valence-corrected chi connectivity index (χ2v) is 8.26. The van der Waals surface area contributed by atoms with Crippen molar-refractivity contribution in [3.8, 4) is 0 Å². The first kappa shape index (κ1) is 13.0. The molecule has 0 amide bonds. The summed E-state index contributed by atoms with van der Waals surface area (Å²) in [5.41, 5.74) is 0.916. The van der Waals surface area contributed by atoms with Gasteiger partial charge in [-0.05, 0) is 67.1 Å². The third-order valence-corrected chi connectivity index (χ3v) is 6.86. The molecule has 0 aromatic rings. The number of fused-ring (bicyclic) bond motifs is 3. The first-order valence-corrected chi connectivity index (χ1v) is 8.13. The number of aliphatic hydroxyl groups is 1. The molecular formula is C17H30O. The molecule has 3 aliphatic carbocycles. The van der Waals surface area contributed by atoms with Crippen molar-refractivity contribution in [2.24, 2.45) is 28.6 Å². The highest BCUT2D eigenvalue weighted by Crippen LogP contribution is 2.63. The van der Waals surface area contributed by atoms with Gasteiger partial charge < -0.3 is 5.11 Å². The van der Waals surface area contributed by atoms with Gasteiger partial charge in [-0.3, -0.25) is 0 Å². The van der Waals surface area contributed by atoms with Crippen LogP contribution >= 0.6 is 0 Å². The molecule has 0 aromatic carbocycles. The van der Waals surface area contributed by atoms with Crippen molar-refractivity contribution in [1.29, 1.82) is 0 Å². The van der Waals surface area contributed by atoms with E-state index in [1.807, 2.05) is 0 Å². The van der Waals surface area contributed by atoms with E-state index in [4.69, 9.17) is 0 Å². The van der Waals surface area contributed by atoms with Crippen LogP contribution < -0.4 is 0 Å². The van der Waals surface area contributed by atoms with Gasteiger partial charge in [0.2, 0.25) is 0 Å². The molecule has 18 heavy (non-hydrogen) atoms. The first-order valence-electron chi connectivity index (χ1n) is 8.13. The first-order chi connectivity index (χ1) is 8.45. The zero-order chi connectivity index (χ0) is 13.0. The Kier molecular flexibility index (Phi) is 3.05. The van der Waals surface area contributed by atoms with E-state index in [0.717, 1.165) is 18.3 Å². The molecular weight excluding hydrogens is 220 g/mol. The lowest BCUT2D eigenvalue weighted by molar-refractivity contribution is -0.149. The monoisotopic (exact) mass is 250 g/mol. The average molecular weight is 250 g/mol. The fourth-order valence-corrected chi connectivity index (χ4v) is 6.23. The van der Waals surface area contributed by atoms with E-state index in [1.165, 1.54) is 44.9 Å². The molecule has 1 heteroatoms. The highest BCUT2D eigenvalue weighted by Gasteiger charge is 2.56. The average Bonchev–Trinajstić information content (AvgIpc) is 2.27. The zero-order valence-corrected chi connectivity index (χ0v) is 12.4. The molecule has 3 rings (SSSR count). The molecule has 3 saturated carbocycles. The number of hydrogen-bond donors (Lipinski definition) is 1. The second-order valence-electron chi connectivity index (χ2n) is 8.26. The van der Waals surface area contributed by atoms with Gasteiger partial charge in [0.05, 0.1) is 6.10 Å². The molecule has 0 heterocycles. The maximum atomic E-state index is 10.6. The van der Waals surface area contributed by atoms with Gasteiger partial charge in [0.25, 0.3) is 0 Å². The summed E-state index contributed by atoms with van der Waals surface area (Å²) in [5, 5.41) is 10.6. The Labute approximate surface area is 112 Å². The summed E-state index contributed by atoms with van der Waals surface area (Å²) >= 11 is 0. The molecule has 1 nitrogen and oxygen atoms in total. The van der Waals surface area contributed by atoms with E-state index < -0.39 is 0 Å². The minimum atomic E-state index is -0.00884. The Hall–Kier alpha value is -0.0400. The van der Waals surface area contributed by atoms with Crippen molar-refractivity contribution in [3.63, 3.8) is 0 Å². The summed E-state index contributed by atoms with van der Waals surface area (Å²) in [6.07, 6.45) is 10.6. The lowest BCUT2D eigenvalue weighted by Crippen LogP contribution is -2.56. The van der Waals surface area contributed by atoms with Crippen molar-refractivity contribution in [3.05, 3.63) is 0 Å². The topological polar surface area (TPSA) is 20.2 Å². The smallest absolute Gasteiger partial charge is 0.0576 e. The quantitative estimate of drug-likeness (QED) is 0.676. The molecule has 104 valence electrons. The second kappa shape index (κ2) is 4.23. The highest BCUT2D eigenvalue weighted by molar-refractivity contribution is 5.06. The van der Waals surface area contributed by atoms with Crippen LogP contribution in [0.1, 0.15) is 72.1 Å². The Morgan fingerprint density at radius 3 is 2.44 bits per heavy atom. The normalized spacial score (nSPS) is 51.3. The summed E-state index contributed by atoms with van der Waals surface area (Å²) in [4.78, 5) is 0. The molecule has 0 saturated heterocycles. The van der Waals surface area contributed by atoms with Crippen LogP contribution in [-0.2, 0) is 0 Å². The predicted molar refractivity (Wildman–Crippen MR) is 75.3 cm³/mol. The largest absolute Gasteiger partial charge is 0.393 e. The van der Waals surface area contributed by atoms with E-state index in [0.29, 0.717) is 16.7 Å². The SMILES string of the molecule is CC1(C)CCC[C@]2(C)[C@@H]3[C@H](CCC[C@@H]3O)CC[C@@H]12. The van der Waals surface area contributed by atoms with Crippen molar-refractivity contribution in [2.75, 3.05) is 0 Å². The molecule has 3 fully saturated rings. The van der Waals surface area contributed by atoms with Crippen molar-refractivity contribution < 1.29 is 5.11 Å². The Balaban J connectivity index is 1.94. The number of aliphatic hydroxyl groups excluding tert-OH is 1. The van der Waals surface area contributed by atoms with E-state index in [9.17, 15) is 5.11 Å². The zero-order valence-electron chi connectivity index (χ0n) is 12.4. The fourth-order valence-electron chi connectivity index (χ4n) is 6.23. The fraction of sp³-hybridized carbons (Fsp3) is 1.00. The van der Waals surface area contributed by atoms with Crippen molar-refractivity contribution >= 4 is 0 Å². The Morgan fingerprint density at radius 2 is 1.67 bits per heavy atom. The van der Waals surface area contributed by atoms with E-state index in [1.54, 1.807) is 0 Å². The molecule has 0 aromatic heterocycles. The van der Waals surface area contributed by atoms with Crippen LogP contribution in [-0.4, -0.2) is 11.2 Å². The van der Waals surface area contributed by atoms with Gasteiger partial charge in [-0.15, -0.1) is 0 Å². The van der Waals surface area contributed by atoms with Gasteiger partial charge in [-0.1, -0.05) is 33.6 Å². The van der Waals surface area contributed by atoms with Crippen LogP contribution in [0.15, 0.2) is 0 Å². The molecule has 0 spiro atoms. The van der Waals surface area contributed by atoms with Gasteiger partial charge in [0.1, 0.15) is 0 Å². The molecule has 5 atom stereocenters. The predicted octanol–water partition coefficient (Wildman–Crippen LogP) is 4.39. The maximum Gasteiger partial charge on any atom is 0.0576 e. The summed E-state index contributed by atoms with van der Waals surface area (Å²) in [6, 6.07) is 0. The van der Waals surface area contributed by atoms with E-state index in [2.05, 4.69) is 20.8 Å². The molecule has 0 aliphatic heterocycles. The van der Waals surface area contributed by atoms with Crippen LogP contribution in [0.5, 0.6) is 0 Å². The summed E-state index contributed by atoms with van der Waals surface area (Å²) in [5.74, 6) is 2.27. The maximum absolute atomic E-state index is 10.6. The third-order valence-electron chi connectivity index (χ3n) is 6.86. The van der Waals surface area contributed by atoms with Gasteiger partial charge in [0, 0.05) is 0 Å². The Morgan fingerprint density at radius 1 is 0.889 bits per heavy atom. The standard InChI is InChI=1S/C17H30O/c1-16(2)10-5-11-17(3)14(16)9-8-12-6-4-7-13(18)15(12)17/h12-15,18H,4-11H2,1-3H3/t12-,13+,14+,15-,17+/m1/s1. The van der Waals surface area contributed by atoms with Crippen molar-refractivity contribution in [2.45, 2.75) is 78.2 Å². The lowest BCUT2D eigenvalue weighted by Gasteiger charge is -2.61. The molecule has 0 unspecified atom stereocenters. The van der Waals surface area contributed by atoms with Crippen LogP contribution in [0.3, 0.4) is 0 Å². The van der Waals surface area contributed by atoms with Crippen molar-refractivity contribution in [1.82, 2.24) is 0 Å². The molecule has 0 radical (unpaired) electrons. The van der Waals surface area contributed by atoms with Crippen LogP contribution in [0.25, 0.3) is 0 Å². The van der Waals surface area contributed by atoms with Gasteiger partial charge in [-0.25, -0.2) is 0 Å². The molecule has 3 aliphatic rings. The minimum absolute atomic E-state index is 0.00884.